The molecule has 3 N–H and O–H groups in total. The van der Waals surface area contributed by atoms with Crippen molar-refractivity contribution in [1.82, 2.24) is 0 Å². The Morgan fingerprint density at radius 3 is 2.58 bits per heavy atom. The van der Waals surface area contributed by atoms with Gasteiger partial charge in [0.15, 0.2) is 0 Å². The summed E-state index contributed by atoms with van der Waals surface area (Å²) < 4.78 is 5.86. The zero-order valence-electron chi connectivity index (χ0n) is 16.2. The van der Waals surface area contributed by atoms with Crippen molar-refractivity contribution in [2.45, 2.75) is 52.1 Å². The topological polar surface area (TPSA) is 64.3 Å². The summed E-state index contributed by atoms with van der Waals surface area (Å²) in [7, 11) is 1.81. The van der Waals surface area contributed by atoms with E-state index >= 15 is 0 Å². The number of nitrogens with two attached hydrogens (primary N) is 1. The summed E-state index contributed by atoms with van der Waals surface area (Å²) in [6.45, 7) is 4.40. The average molecular weight is 357 g/mol. The summed E-state index contributed by atoms with van der Waals surface area (Å²) in [5, 5.41) is 2.78. The van der Waals surface area contributed by atoms with E-state index in [1.807, 2.05) is 25.3 Å². The van der Waals surface area contributed by atoms with Gasteiger partial charge in [0.25, 0.3) is 0 Å². The van der Waals surface area contributed by atoms with Crippen LogP contribution in [0.3, 0.4) is 0 Å². The molecule has 1 aromatic rings. The highest BCUT2D eigenvalue weighted by atomic mass is 16.5. The molecule has 0 aliphatic heterocycles. The third-order valence-corrected chi connectivity index (χ3v) is 5.17. The number of para-hydroxylation sites is 2. The van der Waals surface area contributed by atoms with E-state index in [0.717, 1.165) is 0 Å². The molecule has 1 fully saturated rings. The second-order valence-electron chi connectivity index (χ2n) is 7.67. The molecule has 0 heterocycles. The van der Waals surface area contributed by atoms with Gasteiger partial charge in [0.1, 0.15) is 0 Å². The second-order valence-corrected chi connectivity index (χ2v) is 7.67. The Hall–Kier alpha value is -2.07. The molecule has 0 aromatic heterocycles. The third kappa shape index (κ3) is 5.73. The molecular formula is C22H32N2O2. The molecule has 0 radical (unpaired) electrons. The minimum atomic E-state index is -0.194. The fourth-order valence-corrected chi connectivity index (χ4v) is 3.87. The van der Waals surface area contributed by atoms with Gasteiger partial charge in [-0.15, -0.1) is 0 Å². The number of nitrogens with one attached hydrogen (secondary N) is 1. The van der Waals surface area contributed by atoms with E-state index in [1.54, 1.807) is 18.2 Å². The van der Waals surface area contributed by atoms with Crippen LogP contribution in [0.4, 0.5) is 11.4 Å². The van der Waals surface area contributed by atoms with Crippen LogP contribution in [0.1, 0.15) is 46.0 Å². The fourth-order valence-electron chi connectivity index (χ4n) is 3.87. The molecule has 2 rings (SSSR count). The van der Waals surface area contributed by atoms with Crippen LogP contribution < -0.4 is 11.1 Å². The van der Waals surface area contributed by atoms with E-state index in [1.165, 1.54) is 38.2 Å². The number of hydrogen-bond acceptors (Lipinski definition) is 3. The summed E-state index contributed by atoms with van der Waals surface area (Å²) in [5.41, 5.74) is 6.94. The van der Waals surface area contributed by atoms with Crippen LogP contribution in [0.25, 0.3) is 0 Å². The zero-order valence-corrected chi connectivity index (χ0v) is 16.2. The standard InChI is InChI=1S/C22H32N2O2/c1-22(2,21(26-3)17-11-5-4-6-12-17)16-10-9-15-20(25)24-19-14-8-7-13-18(19)23/h7-10,13-17,21H,4-6,11-12,23H2,1-3H3,(H,24,25). The van der Waals surface area contributed by atoms with Gasteiger partial charge in [-0.25, -0.2) is 0 Å². The maximum absolute atomic E-state index is 12.0. The van der Waals surface area contributed by atoms with Crippen molar-refractivity contribution in [3.63, 3.8) is 0 Å². The lowest BCUT2D eigenvalue weighted by atomic mass is 9.73. The predicted octanol–water partition coefficient (Wildman–Crippen LogP) is 4.94. The molecule has 1 atom stereocenters. The van der Waals surface area contributed by atoms with E-state index in [4.69, 9.17) is 10.5 Å². The lowest BCUT2D eigenvalue weighted by Gasteiger charge is -2.38. The molecule has 142 valence electrons. The first kappa shape index (κ1) is 20.2. The predicted molar refractivity (Wildman–Crippen MR) is 109 cm³/mol. The number of carbonyl (C=O) groups is 1. The van der Waals surface area contributed by atoms with Gasteiger partial charge >= 0.3 is 0 Å². The van der Waals surface area contributed by atoms with E-state index in [-0.39, 0.29) is 17.4 Å². The summed E-state index contributed by atoms with van der Waals surface area (Å²) in [6.07, 6.45) is 14.0. The first-order valence-corrected chi connectivity index (χ1v) is 9.48. The summed E-state index contributed by atoms with van der Waals surface area (Å²) in [5.74, 6) is 0.419. The highest BCUT2D eigenvalue weighted by molar-refractivity contribution is 6.01. The Kier molecular flexibility index (Phi) is 7.46. The molecule has 1 aromatic carbocycles. The summed E-state index contributed by atoms with van der Waals surface area (Å²) >= 11 is 0. The molecule has 0 bridgehead atoms. The number of allylic oxidation sites excluding steroid dienone is 2. The van der Waals surface area contributed by atoms with E-state index in [9.17, 15) is 4.79 Å². The molecule has 26 heavy (non-hydrogen) atoms. The van der Waals surface area contributed by atoms with Crippen LogP contribution in [0.2, 0.25) is 0 Å². The van der Waals surface area contributed by atoms with Gasteiger partial charge in [-0.2, -0.15) is 0 Å². The highest BCUT2D eigenvalue weighted by Crippen LogP contribution is 2.37. The molecule has 0 saturated heterocycles. The van der Waals surface area contributed by atoms with Gasteiger partial charge < -0.3 is 15.8 Å². The maximum Gasteiger partial charge on any atom is 0.248 e. The second kappa shape index (κ2) is 9.58. The number of anilines is 2. The average Bonchev–Trinajstić information content (AvgIpc) is 2.62. The van der Waals surface area contributed by atoms with Gasteiger partial charge in [-0.1, -0.05) is 63.5 Å². The zero-order chi connectivity index (χ0) is 19.0. The molecule has 1 aliphatic carbocycles. The molecule has 1 amide bonds. The van der Waals surface area contributed by atoms with Crippen LogP contribution in [0.15, 0.2) is 48.6 Å². The number of methoxy groups -OCH3 is 1. The van der Waals surface area contributed by atoms with Crippen molar-refractivity contribution in [2.75, 3.05) is 18.2 Å². The quantitative estimate of drug-likeness (QED) is 0.413. The fraction of sp³-hybridized carbons (Fsp3) is 0.500. The normalized spacial score (nSPS) is 17.7. The van der Waals surface area contributed by atoms with Crippen LogP contribution in [0, 0.1) is 11.3 Å². The Morgan fingerprint density at radius 2 is 1.92 bits per heavy atom. The van der Waals surface area contributed by atoms with Gasteiger partial charge in [0, 0.05) is 18.6 Å². The van der Waals surface area contributed by atoms with Crippen molar-refractivity contribution in [3.8, 4) is 0 Å². The summed E-state index contributed by atoms with van der Waals surface area (Å²) in [6, 6.07) is 7.23. The van der Waals surface area contributed by atoms with Gasteiger partial charge in [0.2, 0.25) is 5.91 Å². The van der Waals surface area contributed by atoms with Crippen LogP contribution >= 0.6 is 0 Å². The first-order chi connectivity index (χ1) is 12.4. The lowest BCUT2D eigenvalue weighted by molar-refractivity contribution is -0.111. The minimum Gasteiger partial charge on any atom is -0.397 e. The van der Waals surface area contributed by atoms with E-state index in [0.29, 0.717) is 17.3 Å². The van der Waals surface area contributed by atoms with Crippen molar-refractivity contribution in [3.05, 3.63) is 48.6 Å². The van der Waals surface area contributed by atoms with Crippen molar-refractivity contribution >= 4 is 17.3 Å². The molecule has 4 heteroatoms. The number of amides is 1. The smallest absolute Gasteiger partial charge is 0.248 e. The number of hydrogen-bond donors (Lipinski definition) is 2. The van der Waals surface area contributed by atoms with Crippen LogP contribution in [-0.4, -0.2) is 19.1 Å². The Morgan fingerprint density at radius 1 is 1.23 bits per heavy atom. The van der Waals surface area contributed by atoms with E-state index in [2.05, 4.69) is 25.2 Å². The Balaban J connectivity index is 1.93. The number of carbonyl (C=O) groups excluding carboxylic acids is 1. The van der Waals surface area contributed by atoms with Crippen molar-refractivity contribution < 1.29 is 9.53 Å². The molecule has 1 saturated carbocycles. The van der Waals surface area contributed by atoms with Crippen LogP contribution in [-0.2, 0) is 9.53 Å². The van der Waals surface area contributed by atoms with Gasteiger partial charge in [-0.05, 0) is 30.9 Å². The monoisotopic (exact) mass is 356 g/mol. The van der Waals surface area contributed by atoms with Crippen molar-refractivity contribution in [2.24, 2.45) is 11.3 Å². The molecular weight excluding hydrogens is 324 g/mol. The Labute approximate surface area is 157 Å². The largest absolute Gasteiger partial charge is 0.397 e. The first-order valence-electron chi connectivity index (χ1n) is 9.48. The lowest BCUT2D eigenvalue weighted by Crippen LogP contribution is -2.37. The van der Waals surface area contributed by atoms with E-state index < -0.39 is 0 Å². The molecule has 0 spiro atoms. The molecule has 4 nitrogen and oxygen atoms in total. The van der Waals surface area contributed by atoms with Gasteiger partial charge in [-0.3, -0.25) is 4.79 Å². The Bertz CT molecular complexity index is 643. The number of nitrogen functional groups attached to an aromatic ring is 1. The maximum atomic E-state index is 12.0. The summed E-state index contributed by atoms with van der Waals surface area (Å²) in [4.78, 5) is 12.0. The number of benzene rings is 1. The SMILES string of the molecule is COC(C1CCCCC1)C(C)(C)C=CC=CC(=O)Nc1ccccc1N. The number of rotatable bonds is 7. The molecule has 1 unspecified atom stereocenters. The minimum absolute atomic E-state index is 0.0819. The molecule has 1 aliphatic rings. The highest BCUT2D eigenvalue weighted by Gasteiger charge is 2.34. The van der Waals surface area contributed by atoms with Crippen molar-refractivity contribution in [1.29, 1.82) is 0 Å². The third-order valence-electron chi connectivity index (χ3n) is 5.17. The van der Waals surface area contributed by atoms with Gasteiger partial charge in [0.05, 0.1) is 17.5 Å². The number of ether oxygens (including phenoxy) is 1. The van der Waals surface area contributed by atoms with Crippen LogP contribution in [0.5, 0.6) is 0 Å².